The maximum absolute atomic E-state index is 8.94. The number of aliphatic hydroxyl groups is 1. The van der Waals surface area contributed by atoms with Crippen molar-refractivity contribution in [1.29, 1.82) is 0 Å². The van der Waals surface area contributed by atoms with E-state index in [1.165, 1.54) is 5.56 Å². The van der Waals surface area contributed by atoms with Crippen molar-refractivity contribution >= 4 is 0 Å². The summed E-state index contributed by atoms with van der Waals surface area (Å²) < 4.78 is 10.9. The normalized spacial score (nSPS) is 18.8. The number of hydrogen-bond donors (Lipinski definition) is 2. The third kappa shape index (κ3) is 2.21. The van der Waals surface area contributed by atoms with Crippen molar-refractivity contribution in [3.8, 4) is 0 Å². The molecule has 3 rings (SSSR count). The number of aryl methyl sites for hydroxylation is 1. The van der Waals surface area contributed by atoms with E-state index in [9.17, 15) is 0 Å². The van der Waals surface area contributed by atoms with Gasteiger partial charge in [0.05, 0.1) is 12.8 Å². The Kier molecular flexibility index (Phi) is 3.21. The van der Waals surface area contributed by atoms with Gasteiger partial charge in [-0.1, -0.05) is 0 Å². The molecule has 4 heteroatoms. The van der Waals surface area contributed by atoms with Gasteiger partial charge in [-0.25, -0.2) is 0 Å². The first-order valence-corrected chi connectivity index (χ1v) is 6.35. The summed E-state index contributed by atoms with van der Waals surface area (Å²) >= 11 is 0. The molecule has 1 atom stereocenters. The quantitative estimate of drug-likeness (QED) is 0.871. The molecule has 2 heterocycles. The Morgan fingerprint density at radius 2 is 2.17 bits per heavy atom. The third-order valence-electron chi connectivity index (χ3n) is 3.45. The molecule has 96 valence electrons. The number of hydrogen-bond acceptors (Lipinski definition) is 4. The summed E-state index contributed by atoms with van der Waals surface area (Å²) in [6.45, 7) is 0.630. The standard InChI is InChI=1S/C14H17NO3/c16-9-11-5-4-10(18-11)8-15-13-2-1-3-14-12(13)6-7-17-14/h4-7,13,15-16H,1-3,8-9H2. The fourth-order valence-corrected chi connectivity index (χ4v) is 2.52. The predicted octanol–water partition coefficient (Wildman–Crippen LogP) is 2.53. The number of furan rings is 2. The van der Waals surface area contributed by atoms with Crippen LogP contribution < -0.4 is 5.32 Å². The first-order chi connectivity index (χ1) is 8.86. The van der Waals surface area contributed by atoms with Gasteiger partial charge in [-0.15, -0.1) is 0 Å². The van der Waals surface area contributed by atoms with Gasteiger partial charge in [-0.3, -0.25) is 0 Å². The Bertz CT molecular complexity index is 515. The lowest BCUT2D eigenvalue weighted by Gasteiger charge is -2.22. The van der Waals surface area contributed by atoms with E-state index in [-0.39, 0.29) is 6.61 Å². The second kappa shape index (κ2) is 5.00. The number of fused-ring (bicyclic) bond motifs is 1. The molecule has 0 radical (unpaired) electrons. The summed E-state index contributed by atoms with van der Waals surface area (Å²) in [6.07, 6.45) is 5.08. The summed E-state index contributed by atoms with van der Waals surface area (Å²) in [5.74, 6) is 2.57. The van der Waals surface area contributed by atoms with Gasteiger partial charge in [0.2, 0.25) is 0 Å². The van der Waals surface area contributed by atoms with Gasteiger partial charge in [0, 0.05) is 18.0 Å². The number of aliphatic hydroxyl groups excluding tert-OH is 1. The van der Waals surface area contributed by atoms with Crippen molar-refractivity contribution in [1.82, 2.24) is 5.32 Å². The average molecular weight is 247 g/mol. The zero-order valence-electron chi connectivity index (χ0n) is 10.2. The molecule has 0 saturated carbocycles. The summed E-state index contributed by atoms with van der Waals surface area (Å²) in [6, 6.07) is 6.10. The maximum atomic E-state index is 8.94. The molecule has 2 aromatic rings. The fourth-order valence-electron chi connectivity index (χ4n) is 2.52. The van der Waals surface area contributed by atoms with Gasteiger partial charge in [0.25, 0.3) is 0 Å². The monoisotopic (exact) mass is 247 g/mol. The summed E-state index contributed by atoms with van der Waals surface area (Å²) in [5, 5.41) is 12.4. The van der Waals surface area contributed by atoms with Crippen LogP contribution in [0.3, 0.4) is 0 Å². The minimum absolute atomic E-state index is 0.0463. The van der Waals surface area contributed by atoms with Gasteiger partial charge >= 0.3 is 0 Å². The Labute approximate surface area is 106 Å². The topological polar surface area (TPSA) is 58.5 Å². The lowest BCUT2D eigenvalue weighted by atomic mass is 9.93. The molecular weight excluding hydrogens is 230 g/mol. The van der Waals surface area contributed by atoms with E-state index in [0.717, 1.165) is 30.8 Å². The molecule has 0 fully saturated rings. The zero-order valence-corrected chi connectivity index (χ0v) is 10.2. The first kappa shape index (κ1) is 11.6. The molecule has 1 aliphatic carbocycles. The molecule has 0 bridgehead atoms. The minimum Gasteiger partial charge on any atom is -0.469 e. The lowest BCUT2D eigenvalue weighted by Crippen LogP contribution is -2.23. The molecule has 1 aliphatic rings. The van der Waals surface area contributed by atoms with E-state index >= 15 is 0 Å². The second-order valence-electron chi connectivity index (χ2n) is 4.65. The Morgan fingerprint density at radius 3 is 3.00 bits per heavy atom. The Balaban J connectivity index is 1.64. The highest BCUT2D eigenvalue weighted by Gasteiger charge is 2.22. The van der Waals surface area contributed by atoms with Crippen LogP contribution in [0.4, 0.5) is 0 Å². The van der Waals surface area contributed by atoms with E-state index < -0.39 is 0 Å². The van der Waals surface area contributed by atoms with Gasteiger partial charge in [-0.05, 0) is 31.0 Å². The van der Waals surface area contributed by atoms with Crippen molar-refractivity contribution in [3.63, 3.8) is 0 Å². The Hall–Kier alpha value is -1.52. The first-order valence-electron chi connectivity index (χ1n) is 6.35. The molecular formula is C14H17NO3. The van der Waals surface area contributed by atoms with Crippen molar-refractivity contribution in [2.45, 2.75) is 38.5 Å². The van der Waals surface area contributed by atoms with Crippen molar-refractivity contribution in [2.24, 2.45) is 0 Å². The van der Waals surface area contributed by atoms with Crippen LogP contribution in [0.15, 0.2) is 33.3 Å². The fraction of sp³-hybridized carbons (Fsp3) is 0.429. The van der Waals surface area contributed by atoms with E-state index in [2.05, 4.69) is 5.32 Å². The predicted molar refractivity (Wildman–Crippen MR) is 65.9 cm³/mol. The molecule has 1 unspecified atom stereocenters. The van der Waals surface area contributed by atoms with E-state index in [0.29, 0.717) is 18.3 Å². The van der Waals surface area contributed by atoms with Gasteiger partial charge in [0.15, 0.2) is 0 Å². The minimum atomic E-state index is -0.0463. The third-order valence-corrected chi connectivity index (χ3v) is 3.45. The van der Waals surface area contributed by atoms with Gasteiger partial charge in [-0.2, -0.15) is 0 Å². The lowest BCUT2D eigenvalue weighted by molar-refractivity contribution is 0.242. The highest BCUT2D eigenvalue weighted by Crippen LogP contribution is 2.30. The summed E-state index contributed by atoms with van der Waals surface area (Å²) in [7, 11) is 0. The second-order valence-corrected chi connectivity index (χ2v) is 4.65. The molecule has 2 aromatic heterocycles. The van der Waals surface area contributed by atoms with Crippen LogP contribution in [-0.4, -0.2) is 5.11 Å². The van der Waals surface area contributed by atoms with Crippen molar-refractivity contribution < 1.29 is 13.9 Å². The van der Waals surface area contributed by atoms with Crippen LogP contribution in [0, 0.1) is 0 Å². The van der Waals surface area contributed by atoms with Gasteiger partial charge < -0.3 is 19.3 Å². The molecule has 2 N–H and O–H groups in total. The summed E-state index contributed by atoms with van der Waals surface area (Å²) in [5.41, 5.74) is 1.27. The van der Waals surface area contributed by atoms with E-state index in [1.54, 1.807) is 12.3 Å². The molecule has 0 spiro atoms. The van der Waals surface area contributed by atoms with Crippen LogP contribution in [0.5, 0.6) is 0 Å². The molecule has 0 saturated heterocycles. The number of rotatable bonds is 4. The highest BCUT2D eigenvalue weighted by atomic mass is 16.4. The molecule has 0 amide bonds. The molecule has 4 nitrogen and oxygen atoms in total. The van der Waals surface area contributed by atoms with Crippen molar-refractivity contribution in [2.75, 3.05) is 0 Å². The van der Waals surface area contributed by atoms with E-state index in [1.807, 2.05) is 12.1 Å². The highest BCUT2D eigenvalue weighted by molar-refractivity contribution is 5.24. The van der Waals surface area contributed by atoms with Crippen LogP contribution in [-0.2, 0) is 19.6 Å². The largest absolute Gasteiger partial charge is 0.469 e. The SMILES string of the molecule is OCc1ccc(CNC2CCCc3occc32)o1. The Morgan fingerprint density at radius 1 is 1.28 bits per heavy atom. The maximum Gasteiger partial charge on any atom is 0.129 e. The van der Waals surface area contributed by atoms with Crippen LogP contribution in [0.1, 0.15) is 41.7 Å². The zero-order chi connectivity index (χ0) is 12.4. The van der Waals surface area contributed by atoms with Crippen LogP contribution in [0.25, 0.3) is 0 Å². The van der Waals surface area contributed by atoms with Crippen LogP contribution >= 0.6 is 0 Å². The average Bonchev–Trinajstić information content (AvgIpc) is 3.05. The van der Waals surface area contributed by atoms with Crippen LogP contribution in [0.2, 0.25) is 0 Å². The summed E-state index contributed by atoms with van der Waals surface area (Å²) in [4.78, 5) is 0. The van der Waals surface area contributed by atoms with E-state index in [4.69, 9.17) is 13.9 Å². The number of nitrogens with one attached hydrogen (secondary N) is 1. The van der Waals surface area contributed by atoms with Crippen molar-refractivity contribution in [3.05, 3.63) is 47.3 Å². The van der Waals surface area contributed by atoms with Gasteiger partial charge in [0.1, 0.15) is 23.9 Å². The molecule has 0 aliphatic heterocycles. The molecule has 0 aromatic carbocycles. The molecule has 18 heavy (non-hydrogen) atoms. The smallest absolute Gasteiger partial charge is 0.129 e.